The number of fused-ring (bicyclic) bond motifs is 10. The molecule has 0 radical (unpaired) electrons. The molecule has 2 heterocycles. The molecular formula is C56H54N2Si. The first-order valence-electron chi connectivity index (χ1n) is 22.5. The van der Waals surface area contributed by atoms with Gasteiger partial charge in [0.15, 0.2) is 0 Å². The molecule has 0 saturated heterocycles. The van der Waals surface area contributed by atoms with Crippen LogP contribution >= 0.6 is 0 Å². The van der Waals surface area contributed by atoms with Crippen LogP contribution in [-0.4, -0.2) is 17.2 Å². The second-order valence-corrected chi connectivity index (χ2v) is 23.7. The Balaban J connectivity index is 1.04. The number of nitrogens with zero attached hydrogens (tertiary/aromatic N) is 2. The largest absolute Gasteiger partial charge is 0.344 e. The Morgan fingerprint density at radius 2 is 0.932 bits per heavy atom. The van der Waals surface area contributed by atoms with E-state index in [0.717, 1.165) is 0 Å². The number of hydrogen-bond donors (Lipinski definition) is 0. The number of para-hydroxylation sites is 2. The first-order valence-corrected chi connectivity index (χ1v) is 25.1. The summed E-state index contributed by atoms with van der Waals surface area (Å²) in [5.74, 6) is 0. The first-order chi connectivity index (χ1) is 28.8. The molecule has 2 unspecified atom stereocenters. The van der Waals surface area contributed by atoms with E-state index in [1.807, 2.05) is 0 Å². The molecule has 59 heavy (non-hydrogen) atoms. The van der Waals surface area contributed by atoms with Crippen LogP contribution < -0.4 is 0 Å². The Hall–Kier alpha value is -5.38. The topological polar surface area (TPSA) is 9.86 Å². The normalized spacial score (nSPS) is 18.3. The van der Waals surface area contributed by atoms with Gasteiger partial charge >= 0.3 is 0 Å². The van der Waals surface area contributed by atoms with Crippen molar-refractivity contribution in [2.24, 2.45) is 14.1 Å². The molecule has 6 aromatic carbocycles. The number of aromatic nitrogens is 2. The van der Waals surface area contributed by atoms with E-state index in [1.54, 1.807) is 44.5 Å². The van der Waals surface area contributed by atoms with Gasteiger partial charge in [-0.15, -0.1) is 0 Å². The molecule has 4 aliphatic carbocycles. The van der Waals surface area contributed by atoms with Crippen molar-refractivity contribution in [2.45, 2.75) is 89.4 Å². The van der Waals surface area contributed by atoms with Crippen LogP contribution in [0.4, 0.5) is 0 Å². The molecule has 0 bridgehead atoms. The molecule has 2 aromatic heterocycles. The summed E-state index contributed by atoms with van der Waals surface area (Å²) in [5, 5.41) is 5.46. The van der Waals surface area contributed by atoms with Gasteiger partial charge < -0.3 is 9.13 Å². The molecule has 0 amide bonds. The number of aryl methyl sites for hydroxylation is 4. The Bertz CT molecular complexity index is 2980. The van der Waals surface area contributed by atoms with Gasteiger partial charge in [0.05, 0.1) is 8.07 Å². The Labute approximate surface area is 349 Å². The third-order valence-corrected chi connectivity index (χ3v) is 22.6. The summed E-state index contributed by atoms with van der Waals surface area (Å²) in [6, 6.07) is 40.6. The average molecular weight is 783 g/mol. The minimum absolute atomic E-state index is 0.501. The Kier molecular flexibility index (Phi) is 7.72. The van der Waals surface area contributed by atoms with Crippen LogP contribution in [0.15, 0.2) is 108 Å². The zero-order valence-corrected chi connectivity index (χ0v) is 36.6. The summed E-state index contributed by atoms with van der Waals surface area (Å²) < 4.78 is 4.74. The number of rotatable bonds is 6. The molecule has 3 heteroatoms. The van der Waals surface area contributed by atoms with Crippen LogP contribution in [-0.2, 0) is 39.8 Å². The number of benzene rings is 6. The molecule has 0 N–H and O–H groups in total. The highest BCUT2D eigenvalue weighted by atomic mass is 28.3. The maximum atomic E-state index is 2.73. The molecule has 0 spiro atoms. The second-order valence-electron chi connectivity index (χ2n) is 18.7. The third kappa shape index (κ3) is 4.74. The molecule has 4 aliphatic rings. The summed E-state index contributed by atoms with van der Waals surface area (Å²) >= 11 is 0. The van der Waals surface area contributed by atoms with Crippen molar-refractivity contribution < 1.29 is 0 Å². The van der Waals surface area contributed by atoms with E-state index in [0.29, 0.717) is 11.1 Å². The molecule has 8 aromatic rings. The van der Waals surface area contributed by atoms with Gasteiger partial charge in [0, 0.05) is 68.8 Å². The molecule has 2 atom stereocenters. The summed E-state index contributed by atoms with van der Waals surface area (Å²) in [7, 11) is 2.32. The highest BCUT2D eigenvalue weighted by Gasteiger charge is 2.52. The zero-order chi connectivity index (χ0) is 39.9. The van der Waals surface area contributed by atoms with Gasteiger partial charge in [-0.3, -0.25) is 0 Å². The molecule has 2 nitrogen and oxygen atoms in total. The fraction of sp³-hybridized carbons (Fsp3) is 0.286. The van der Waals surface area contributed by atoms with E-state index >= 15 is 0 Å². The lowest BCUT2D eigenvalue weighted by Gasteiger charge is -2.44. The predicted octanol–water partition coefficient (Wildman–Crippen LogP) is 14.6. The van der Waals surface area contributed by atoms with Gasteiger partial charge in [-0.1, -0.05) is 110 Å². The molecular weight excluding hydrogens is 729 g/mol. The maximum absolute atomic E-state index is 2.73. The van der Waals surface area contributed by atoms with Gasteiger partial charge in [-0.25, -0.2) is 0 Å². The van der Waals surface area contributed by atoms with Gasteiger partial charge in [-0.05, 0) is 156 Å². The van der Waals surface area contributed by atoms with Crippen molar-refractivity contribution in [3.05, 3.63) is 153 Å². The summed E-state index contributed by atoms with van der Waals surface area (Å²) in [4.78, 5) is 0. The zero-order valence-electron chi connectivity index (χ0n) is 35.6. The van der Waals surface area contributed by atoms with E-state index < -0.39 is 8.07 Å². The monoisotopic (exact) mass is 782 g/mol. The maximum Gasteiger partial charge on any atom is 0.0776 e. The highest BCUT2D eigenvalue weighted by molar-refractivity contribution is 6.84. The number of hydrogen-bond acceptors (Lipinski definition) is 0. The lowest BCUT2D eigenvalue weighted by atomic mass is 9.89. The first kappa shape index (κ1) is 35.6. The number of allylic oxidation sites excluding steroid dienone is 2. The molecule has 0 fully saturated rings. The van der Waals surface area contributed by atoms with Gasteiger partial charge in [-0.2, -0.15) is 0 Å². The molecule has 292 valence electrons. The fourth-order valence-corrected chi connectivity index (χ4v) is 19.7. The van der Waals surface area contributed by atoms with E-state index in [-0.39, 0.29) is 0 Å². The fourth-order valence-electron chi connectivity index (χ4n) is 13.5. The van der Waals surface area contributed by atoms with Crippen LogP contribution in [0.2, 0.25) is 12.1 Å². The van der Waals surface area contributed by atoms with Crippen molar-refractivity contribution in [2.75, 3.05) is 0 Å². The van der Waals surface area contributed by atoms with E-state index in [9.17, 15) is 0 Å². The van der Waals surface area contributed by atoms with Gasteiger partial charge in [0.25, 0.3) is 0 Å². The van der Waals surface area contributed by atoms with E-state index in [1.165, 1.54) is 128 Å². The van der Waals surface area contributed by atoms with Gasteiger partial charge in [0.2, 0.25) is 0 Å². The van der Waals surface area contributed by atoms with Crippen LogP contribution in [0.1, 0.15) is 96.1 Å². The Morgan fingerprint density at radius 3 is 1.37 bits per heavy atom. The minimum atomic E-state index is -2.12. The van der Waals surface area contributed by atoms with Crippen LogP contribution in [0, 0.1) is 0 Å². The quantitative estimate of drug-likeness (QED) is 0.149. The predicted molar refractivity (Wildman–Crippen MR) is 255 cm³/mol. The van der Waals surface area contributed by atoms with Crippen LogP contribution in [0.25, 0.3) is 78.0 Å². The highest BCUT2D eigenvalue weighted by Crippen LogP contribution is 2.59. The van der Waals surface area contributed by atoms with Crippen molar-refractivity contribution in [1.82, 2.24) is 9.13 Å². The molecule has 0 aliphatic heterocycles. The lowest BCUT2D eigenvalue weighted by Crippen LogP contribution is -2.47. The van der Waals surface area contributed by atoms with Crippen LogP contribution in [0.5, 0.6) is 0 Å². The summed E-state index contributed by atoms with van der Waals surface area (Å²) in [6.07, 6.45) is 12.6. The van der Waals surface area contributed by atoms with E-state index in [4.69, 9.17) is 0 Å². The van der Waals surface area contributed by atoms with Crippen LogP contribution in [0.3, 0.4) is 0 Å². The second kappa shape index (κ2) is 12.8. The summed E-state index contributed by atoms with van der Waals surface area (Å²) in [5.41, 5.74) is 28.1. The van der Waals surface area contributed by atoms with Crippen molar-refractivity contribution in [3.63, 3.8) is 0 Å². The van der Waals surface area contributed by atoms with Gasteiger partial charge in [0.1, 0.15) is 0 Å². The average Bonchev–Trinajstić information content (AvgIpc) is 4.13. The Morgan fingerprint density at radius 1 is 0.508 bits per heavy atom. The lowest BCUT2D eigenvalue weighted by molar-refractivity contribution is 0.902. The molecule has 0 saturated carbocycles. The van der Waals surface area contributed by atoms with Crippen molar-refractivity contribution >= 4 is 63.8 Å². The smallest absolute Gasteiger partial charge is 0.0776 e. The minimum Gasteiger partial charge on any atom is -0.344 e. The summed E-state index contributed by atoms with van der Waals surface area (Å²) in [6.45, 7) is 10.1. The third-order valence-electron chi connectivity index (χ3n) is 16.1. The van der Waals surface area contributed by atoms with Crippen molar-refractivity contribution in [1.29, 1.82) is 0 Å². The standard InChI is InChI=1S/C56H54N2Si/c1-7-59(8-2,55-33(3)27-45-47(55)29-35-15-13-19-39(35)53(45)37-23-25-51-43(31-37)41-17-9-11-21-49(41)57(51)5)56-34(4)28-46-48(56)30-36-16-14-20-40(36)54(46)38-24-26-52-44(32-38)42-18-10-12-22-50(42)58(52)6/h9-12,17-18,21-32,55-56H,7-8,13-16,19-20H2,1-6H3. The van der Waals surface area contributed by atoms with Crippen molar-refractivity contribution in [3.8, 4) is 22.3 Å². The SMILES string of the molecule is CC[Si](CC)(C1C(C)=Cc2c1cc1c(c2-c2ccc3c(c2)c2ccccc2n3C)CCC1)C1C(C)=Cc2c1cc1c(c2-c2ccc3c(c2)c2ccccc2n3C)CCC1. The molecule has 12 rings (SSSR count). The van der Waals surface area contributed by atoms with E-state index in [2.05, 4.69) is 160 Å².